The van der Waals surface area contributed by atoms with Gasteiger partial charge in [0.15, 0.2) is 0 Å². The zero-order chi connectivity index (χ0) is 20.1. The molecule has 3 heterocycles. The number of aromatic nitrogens is 4. The molecule has 2 amide bonds. The molecule has 1 aliphatic rings. The van der Waals surface area contributed by atoms with Crippen molar-refractivity contribution in [1.82, 2.24) is 24.9 Å². The van der Waals surface area contributed by atoms with Crippen LogP contribution in [0, 0.1) is 0 Å². The van der Waals surface area contributed by atoms with Gasteiger partial charge in [0.1, 0.15) is 5.75 Å². The van der Waals surface area contributed by atoms with E-state index < -0.39 is 0 Å². The summed E-state index contributed by atoms with van der Waals surface area (Å²) in [6.07, 6.45) is 7.63. The minimum absolute atomic E-state index is 0.206. The first kappa shape index (κ1) is 19.0. The quantitative estimate of drug-likeness (QED) is 0.640. The zero-order valence-corrected chi connectivity index (χ0v) is 16.2. The third kappa shape index (κ3) is 4.94. The van der Waals surface area contributed by atoms with Crippen LogP contribution in [0.3, 0.4) is 0 Å². The number of anilines is 1. The number of carbonyl (C=O) groups is 1. The molecule has 0 spiro atoms. The largest absolute Gasteiger partial charge is 0.497 e. The standard InChI is InChI=1S/C20H24N6O3/c1-28-18-6-4-17(5-7-18)26-9-8-15(24-26)11-21-20(27)23-16-12-22-25(13-16)14-19-3-2-10-29-19/h4-9,12-13,19H,2-3,10-11,14H2,1H3,(H2,21,23,27). The molecule has 9 heteroatoms. The number of hydrogen-bond donors (Lipinski definition) is 2. The fraction of sp³-hybridized carbons (Fsp3) is 0.350. The summed E-state index contributed by atoms with van der Waals surface area (Å²) < 4.78 is 14.3. The lowest BCUT2D eigenvalue weighted by Gasteiger charge is -2.08. The van der Waals surface area contributed by atoms with Gasteiger partial charge in [-0.05, 0) is 43.2 Å². The summed E-state index contributed by atoms with van der Waals surface area (Å²) in [5.41, 5.74) is 2.31. The van der Waals surface area contributed by atoms with E-state index in [0.29, 0.717) is 18.8 Å². The highest BCUT2D eigenvalue weighted by Gasteiger charge is 2.16. The van der Waals surface area contributed by atoms with E-state index in [4.69, 9.17) is 9.47 Å². The monoisotopic (exact) mass is 396 g/mol. The fourth-order valence-corrected chi connectivity index (χ4v) is 3.21. The molecule has 0 saturated carbocycles. The molecule has 1 aromatic carbocycles. The van der Waals surface area contributed by atoms with Crippen LogP contribution in [-0.4, -0.2) is 45.4 Å². The van der Waals surface area contributed by atoms with Crippen LogP contribution < -0.4 is 15.4 Å². The maximum absolute atomic E-state index is 12.2. The lowest BCUT2D eigenvalue weighted by molar-refractivity contribution is 0.0940. The molecule has 9 nitrogen and oxygen atoms in total. The number of urea groups is 1. The number of nitrogens with zero attached hydrogens (tertiary/aromatic N) is 4. The molecular weight excluding hydrogens is 372 g/mol. The molecule has 2 aromatic heterocycles. The Bertz CT molecular complexity index is 943. The maximum atomic E-state index is 12.2. The Morgan fingerprint density at radius 1 is 1.31 bits per heavy atom. The second-order valence-corrected chi connectivity index (χ2v) is 6.84. The van der Waals surface area contributed by atoms with E-state index in [0.717, 1.165) is 36.6 Å². The molecule has 1 fully saturated rings. The first-order chi connectivity index (χ1) is 14.2. The Labute approximate surface area is 168 Å². The number of amides is 2. The van der Waals surface area contributed by atoms with Crippen LogP contribution in [0.4, 0.5) is 10.5 Å². The van der Waals surface area contributed by atoms with Crippen molar-refractivity contribution in [2.75, 3.05) is 19.0 Å². The Hall–Kier alpha value is -3.33. The van der Waals surface area contributed by atoms with Gasteiger partial charge in [-0.3, -0.25) is 4.68 Å². The summed E-state index contributed by atoms with van der Waals surface area (Å²) in [5.74, 6) is 0.790. The van der Waals surface area contributed by atoms with Crippen molar-refractivity contribution < 1.29 is 14.3 Å². The fourth-order valence-electron chi connectivity index (χ4n) is 3.21. The lowest BCUT2D eigenvalue weighted by atomic mass is 10.2. The Morgan fingerprint density at radius 3 is 2.93 bits per heavy atom. The molecule has 1 saturated heterocycles. The van der Waals surface area contributed by atoms with Gasteiger partial charge in [0.05, 0.1) is 49.6 Å². The van der Waals surface area contributed by atoms with Crippen molar-refractivity contribution >= 4 is 11.7 Å². The molecule has 2 N–H and O–H groups in total. The third-order valence-electron chi connectivity index (χ3n) is 4.72. The van der Waals surface area contributed by atoms with Crippen molar-refractivity contribution in [3.05, 3.63) is 54.6 Å². The van der Waals surface area contributed by atoms with Crippen LogP contribution in [0.1, 0.15) is 18.5 Å². The highest BCUT2D eigenvalue weighted by atomic mass is 16.5. The zero-order valence-electron chi connectivity index (χ0n) is 16.2. The van der Waals surface area contributed by atoms with Gasteiger partial charge >= 0.3 is 6.03 Å². The molecule has 152 valence electrons. The smallest absolute Gasteiger partial charge is 0.319 e. The van der Waals surface area contributed by atoms with Gasteiger partial charge in [0, 0.05) is 19.0 Å². The number of nitrogens with one attached hydrogen (secondary N) is 2. The number of ether oxygens (including phenoxy) is 2. The predicted molar refractivity (Wildman–Crippen MR) is 107 cm³/mol. The van der Waals surface area contributed by atoms with E-state index in [1.807, 2.05) is 36.5 Å². The van der Waals surface area contributed by atoms with Crippen LogP contribution >= 0.6 is 0 Å². The summed E-state index contributed by atoms with van der Waals surface area (Å²) in [6, 6.07) is 9.15. The van der Waals surface area contributed by atoms with Gasteiger partial charge in [0.2, 0.25) is 0 Å². The van der Waals surface area contributed by atoms with Gasteiger partial charge < -0.3 is 20.1 Å². The molecule has 29 heavy (non-hydrogen) atoms. The third-order valence-corrected chi connectivity index (χ3v) is 4.72. The average molecular weight is 396 g/mol. The Kier molecular flexibility index (Phi) is 5.76. The van der Waals surface area contributed by atoms with Crippen LogP contribution in [-0.2, 0) is 17.8 Å². The molecule has 4 rings (SSSR count). The summed E-state index contributed by atoms with van der Waals surface area (Å²) in [6.45, 7) is 1.83. The van der Waals surface area contributed by atoms with Crippen LogP contribution in [0.15, 0.2) is 48.9 Å². The van der Waals surface area contributed by atoms with Gasteiger partial charge in [-0.25, -0.2) is 9.48 Å². The van der Waals surface area contributed by atoms with Gasteiger partial charge in [-0.2, -0.15) is 10.2 Å². The molecule has 0 bridgehead atoms. The van der Waals surface area contributed by atoms with Crippen LogP contribution in [0.2, 0.25) is 0 Å². The first-order valence-electron chi connectivity index (χ1n) is 9.57. The second-order valence-electron chi connectivity index (χ2n) is 6.84. The lowest BCUT2D eigenvalue weighted by Crippen LogP contribution is -2.28. The molecule has 1 atom stereocenters. The molecule has 0 radical (unpaired) electrons. The molecule has 3 aromatic rings. The number of rotatable bonds is 7. The van der Waals surface area contributed by atoms with E-state index >= 15 is 0 Å². The minimum Gasteiger partial charge on any atom is -0.497 e. The van der Waals surface area contributed by atoms with Crippen molar-refractivity contribution in [2.45, 2.75) is 32.0 Å². The summed E-state index contributed by atoms with van der Waals surface area (Å²) >= 11 is 0. The first-order valence-corrected chi connectivity index (χ1v) is 9.57. The molecule has 1 aliphatic heterocycles. The SMILES string of the molecule is COc1ccc(-n2ccc(CNC(=O)Nc3cnn(CC4CCCO4)c3)n2)cc1. The topological polar surface area (TPSA) is 95.2 Å². The summed E-state index contributed by atoms with van der Waals surface area (Å²) in [4.78, 5) is 12.2. The Balaban J connectivity index is 1.26. The van der Waals surface area contributed by atoms with E-state index in [2.05, 4.69) is 20.8 Å². The molecular formula is C20H24N6O3. The number of carbonyl (C=O) groups excluding carboxylic acids is 1. The summed E-state index contributed by atoms with van der Waals surface area (Å²) in [5, 5.41) is 14.3. The van der Waals surface area contributed by atoms with Crippen molar-refractivity contribution in [2.24, 2.45) is 0 Å². The van der Waals surface area contributed by atoms with Crippen molar-refractivity contribution in [1.29, 1.82) is 0 Å². The molecule has 1 unspecified atom stereocenters. The Morgan fingerprint density at radius 2 is 2.17 bits per heavy atom. The highest BCUT2D eigenvalue weighted by molar-refractivity contribution is 5.88. The van der Waals surface area contributed by atoms with Crippen LogP contribution in [0.25, 0.3) is 5.69 Å². The van der Waals surface area contributed by atoms with Gasteiger partial charge in [0.25, 0.3) is 0 Å². The second kappa shape index (κ2) is 8.78. The number of methoxy groups -OCH3 is 1. The van der Waals surface area contributed by atoms with E-state index in [1.165, 1.54) is 0 Å². The predicted octanol–water partition coefficient (Wildman–Crippen LogP) is 2.58. The normalized spacial score (nSPS) is 16.0. The van der Waals surface area contributed by atoms with E-state index in [9.17, 15) is 4.79 Å². The van der Waals surface area contributed by atoms with E-state index in [1.54, 1.807) is 28.9 Å². The van der Waals surface area contributed by atoms with Crippen molar-refractivity contribution in [3.63, 3.8) is 0 Å². The van der Waals surface area contributed by atoms with Crippen LogP contribution in [0.5, 0.6) is 5.75 Å². The van der Waals surface area contributed by atoms with Crippen molar-refractivity contribution in [3.8, 4) is 11.4 Å². The minimum atomic E-state index is -0.305. The van der Waals surface area contributed by atoms with Gasteiger partial charge in [-0.1, -0.05) is 0 Å². The van der Waals surface area contributed by atoms with Gasteiger partial charge in [-0.15, -0.1) is 0 Å². The highest BCUT2D eigenvalue weighted by Crippen LogP contribution is 2.16. The summed E-state index contributed by atoms with van der Waals surface area (Å²) in [7, 11) is 1.63. The van der Waals surface area contributed by atoms with E-state index in [-0.39, 0.29) is 12.1 Å². The number of hydrogen-bond acceptors (Lipinski definition) is 5. The molecule has 0 aliphatic carbocycles. The number of benzene rings is 1. The maximum Gasteiger partial charge on any atom is 0.319 e. The average Bonchev–Trinajstić information content (AvgIpc) is 3.50.